The van der Waals surface area contributed by atoms with E-state index in [2.05, 4.69) is 10.3 Å². The van der Waals surface area contributed by atoms with Gasteiger partial charge < -0.3 is 10.1 Å². The topological polar surface area (TPSA) is 51.2 Å². The van der Waals surface area contributed by atoms with Gasteiger partial charge in [0.05, 0.1) is 10.7 Å². The van der Waals surface area contributed by atoms with Crippen molar-refractivity contribution >= 4 is 29.0 Å². The van der Waals surface area contributed by atoms with Gasteiger partial charge in [0.2, 0.25) is 5.91 Å². The minimum Gasteiger partial charge on any atom is -0.487 e. The van der Waals surface area contributed by atoms with Gasteiger partial charge in [-0.2, -0.15) is 0 Å². The van der Waals surface area contributed by atoms with Gasteiger partial charge in [-0.05, 0) is 55.7 Å². The third-order valence-corrected chi connectivity index (χ3v) is 4.91. The number of aryl methyl sites for hydroxylation is 3. The number of aromatic nitrogens is 1. The Hall–Kier alpha value is -2.92. The van der Waals surface area contributed by atoms with Crippen LogP contribution in [0.1, 0.15) is 27.4 Å². The summed E-state index contributed by atoms with van der Waals surface area (Å²) >= 11 is 1.62. The number of rotatable bonds is 6. The van der Waals surface area contributed by atoms with Crippen LogP contribution in [0.3, 0.4) is 0 Å². The number of ether oxygens (including phenoxy) is 1. The fourth-order valence-corrected chi connectivity index (χ4v) is 3.25. The van der Waals surface area contributed by atoms with Gasteiger partial charge in [0.1, 0.15) is 12.4 Å². The largest absolute Gasteiger partial charge is 0.487 e. The first-order valence-electron chi connectivity index (χ1n) is 8.70. The van der Waals surface area contributed by atoms with Crippen LogP contribution in [0.2, 0.25) is 0 Å². The van der Waals surface area contributed by atoms with E-state index >= 15 is 0 Å². The maximum Gasteiger partial charge on any atom is 0.248 e. The molecule has 0 saturated carbocycles. The van der Waals surface area contributed by atoms with Crippen molar-refractivity contribution in [2.75, 3.05) is 5.32 Å². The number of nitrogens with zero attached hydrogens (tertiary/aromatic N) is 1. The van der Waals surface area contributed by atoms with Crippen molar-refractivity contribution < 1.29 is 9.53 Å². The van der Waals surface area contributed by atoms with E-state index < -0.39 is 0 Å². The van der Waals surface area contributed by atoms with Gasteiger partial charge in [-0.3, -0.25) is 4.79 Å². The second kappa shape index (κ2) is 8.64. The summed E-state index contributed by atoms with van der Waals surface area (Å²) in [6.45, 7) is 6.40. The van der Waals surface area contributed by atoms with Crippen LogP contribution in [-0.2, 0) is 11.4 Å². The summed E-state index contributed by atoms with van der Waals surface area (Å²) in [7, 11) is 0. The highest BCUT2D eigenvalue weighted by atomic mass is 32.1. The molecule has 1 amide bonds. The Morgan fingerprint density at radius 2 is 1.81 bits per heavy atom. The van der Waals surface area contributed by atoms with E-state index in [1.807, 2.05) is 68.6 Å². The quantitative estimate of drug-likeness (QED) is 0.592. The maximum absolute atomic E-state index is 12.2. The van der Waals surface area contributed by atoms with Crippen molar-refractivity contribution in [1.29, 1.82) is 0 Å². The molecule has 1 heterocycles. The molecule has 0 aliphatic carbocycles. The molecule has 1 N–H and O–H groups in total. The standard InChI is InChI=1S/C22H22N2O2S/c1-15-5-4-6-16(2)22(15)24-21(25)12-9-18-7-10-20(11-8-18)26-13-19-14-27-17(3)23-19/h4-12,14H,13H2,1-3H3,(H,24,25)/b12-9+. The summed E-state index contributed by atoms with van der Waals surface area (Å²) in [5, 5.41) is 5.98. The first kappa shape index (κ1) is 18.9. The molecule has 2 aromatic carbocycles. The Balaban J connectivity index is 1.56. The molecular weight excluding hydrogens is 356 g/mol. The van der Waals surface area contributed by atoms with E-state index in [0.29, 0.717) is 6.61 Å². The van der Waals surface area contributed by atoms with Crippen LogP contribution in [0.25, 0.3) is 6.08 Å². The number of anilines is 1. The molecule has 5 heteroatoms. The monoisotopic (exact) mass is 378 g/mol. The Labute approximate surface area is 163 Å². The van der Waals surface area contributed by atoms with E-state index in [9.17, 15) is 4.79 Å². The summed E-state index contributed by atoms with van der Waals surface area (Å²) in [6.07, 6.45) is 3.33. The number of para-hydroxylation sites is 1. The number of benzene rings is 2. The minimum absolute atomic E-state index is 0.147. The molecule has 0 unspecified atom stereocenters. The van der Waals surface area contributed by atoms with Gasteiger partial charge in [0.25, 0.3) is 0 Å². The molecule has 0 aliphatic heterocycles. The molecule has 138 valence electrons. The lowest BCUT2D eigenvalue weighted by Gasteiger charge is -2.09. The molecule has 0 radical (unpaired) electrons. The van der Waals surface area contributed by atoms with Crippen LogP contribution < -0.4 is 10.1 Å². The van der Waals surface area contributed by atoms with Crippen LogP contribution in [-0.4, -0.2) is 10.9 Å². The van der Waals surface area contributed by atoms with Crippen molar-refractivity contribution in [1.82, 2.24) is 4.98 Å². The molecule has 0 atom stereocenters. The molecule has 4 nitrogen and oxygen atoms in total. The summed E-state index contributed by atoms with van der Waals surface area (Å²) in [5.41, 5.74) is 4.84. The lowest BCUT2D eigenvalue weighted by molar-refractivity contribution is -0.111. The van der Waals surface area contributed by atoms with E-state index in [4.69, 9.17) is 4.74 Å². The highest BCUT2D eigenvalue weighted by Gasteiger charge is 2.04. The zero-order chi connectivity index (χ0) is 19.2. The number of carbonyl (C=O) groups excluding carboxylic acids is 1. The Morgan fingerprint density at radius 1 is 1.11 bits per heavy atom. The van der Waals surface area contributed by atoms with E-state index in [1.165, 1.54) is 0 Å². The number of hydrogen-bond acceptors (Lipinski definition) is 4. The molecule has 0 aliphatic rings. The van der Waals surface area contributed by atoms with Crippen molar-refractivity contribution in [3.05, 3.63) is 81.3 Å². The molecule has 27 heavy (non-hydrogen) atoms. The van der Waals surface area contributed by atoms with Crippen LogP contribution in [0, 0.1) is 20.8 Å². The predicted molar refractivity (Wildman–Crippen MR) is 111 cm³/mol. The van der Waals surface area contributed by atoms with E-state index in [1.54, 1.807) is 23.5 Å². The molecule has 0 saturated heterocycles. The Morgan fingerprint density at radius 3 is 2.44 bits per heavy atom. The van der Waals surface area contributed by atoms with Crippen molar-refractivity contribution in [2.45, 2.75) is 27.4 Å². The molecule has 0 fully saturated rings. The zero-order valence-corrected chi connectivity index (χ0v) is 16.5. The average Bonchev–Trinajstić information content (AvgIpc) is 3.07. The highest BCUT2D eigenvalue weighted by molar-refractivity contribution is 7.09. The number of nitrogens with one attached hydrogen (secondary N) is 1. The van der Waals surface area contributed by atoms with Crippen LogP contribution in [0.5, 0.6) is 5.75 Å². The smallest absolute Gasteiger partial charge is 0.248 e. The van der Waals surface area contributed by atoms with E-state index in [-0.39, 0.29) is 5.91 Å². The van der Waals surface area contributed by atoms with Gasteiger partial charge in [0, 0.05) is 17.1 Å². The molecule has 3 aromatic rings. The number of thiazole rings is 1. The normalized spacial score (nSPS) is 10.9. The SMILES string of the molecule is Cc1nc(COc2ccc(/C=C/C(=O)Nc3c(C)cccc3C)cc2)cs1. The van der Waals surface area contributed by atoms with Crippen LogP contribution in [0.15, 0.2) is 53.9 Å². The second-order valence-electron chi connectivity index (χ2n) is 6.30. The molecule has 0 spiro atoms. The average molecular weight is 378 g/mol. The fraction of sp³-hybridized carbons (Fsp3) is 0.182. The van der Waals surface area contributed by atoms with Crippen molar-refractivity contribution in [3.8, 4) is 5.75 Å². The highest BCUT2D eigenvalue weighted by Crippen LogP contribution is 2.20. The zero-order valence-electron chi connectivity index (χ0n) is 15.7. The Bertz CT molecular complexity index is 938. The van der Waals surface area contributed by atoms with Gasteiger partial charge in [-0.15, -0.1) is 11.3 Å². The van der Waals surface area contributed by atoms with Crippen LogP contribution >= 0.6 is 11.3 Å². The van der Waals surface area contributed by atoms with Gasteiger partial charge >= 0.3 is 0 Å². The van der Waals surface area contributed by atoms with Crippen molar-refractivity contribution in [2.24, 2.45) is 0 Å². The van der Waals surface area contributed by atoms with Gasteiger partial charge in [-0.1, -0.05) is 30.3 Å². The summed E-state index contributed by atoms with van der Waals surface area (Å²) in [6, 6.07) is 13.6. The lowest BCUT2D eigenvalue weighted by Crippen LogP contribution is -2.10. The maximum atomic E-state index is 12.2. The molecule has 3 rings (SSSR count). The number of hydrogen-bond donors (Lipinski definition) is 1. The summed E-state index contributed by atoms with van der Waals surface area (Å²) < 4.78 is 5.73. The third-order valence-electron chi connectivity index (χ3n) is 4.09. The fourth-order valence-electron chi connectivity index (χ4n) is 2.66. The van der Waals surface area contributed by atoms with Crippen LogP contribution in [0.4, 0.5) is 5.69 Å². The van der Waals surface area contributed by atoms with Gasteiger partial charge in [-0.25, -0.2) is 4.98 Å². The Kier molecular flexibility index (Phi) is 6.04. The first-order valence-corrected chi connectivity index (χ1v) is 9.58. The predicted octanol–water partition coefficient (Wildman–Crippen LogP) is 5.30. The lowest BCUT2D eigenvalue weighted by atomic mass is 10.1. The molecule has 0 bridgehead atoms. The summed E-state index contributed by atoms with van der Waals surface area (Å²) in [5.74, 6) is 0.629. The third kappa shape index (κ3) is 5.28. The summed E-state index contributed by atoms with van der Waals surface area (Å²) in [4.78, 5) is 16.6. The minimum atomic E-state index is -0.147. The van der Waals surface area contributed by atoms with Crippen molar-refractivity contribution in [3.63, 3.8) is 0 Å². The first-order chi connectivity index (χ1) is 13.0. The molecule has 1 aromatic heterocycles. The number of amides is 1. The van der Waals surface area contributed by atoms with Gasteiger partial charge in [0.15, 0.2) is 0 Å². The second-order valence-corrected chi connectivity index (χ2v) is 7.37. The number of carbonyl (C=O) groups is 1. The van der Waals surface area contributed by atoms with E-state index in [0.717, 1.165) is 38.8 Å². The molecular formula is C22H22N2O2S.